The summed E-state index contributed by atoms with van der Waals surface area (Å²) >= 11 is 0. The highest BCUT2D eigenvalue weighted by molar-refractivity contribution is 5.95. The minimum atomic E-state index is -1.02. The number of aliphatic hydroxyl groups excluding tert-OH is 1. The van der Waals surface area contributed by atoms with Gasteiger partial charge in [-0.1, -0.05) is 31.2 Å². The van der Waals surface area contributed by atoms with Gasteiger partial charge in [0.2, 0.25) is 0 Å². The van der Waals surface area contributed by atoms with E-state index in [0.717, 1.165) is 18.1 Å². The minimum absolute atomic E-state index is 0. The van der Waals surface area contributed by atoms with Crippen molar-refractivity contribution in [3.05, 3.63) is 94.6 Å². The number of aliphatic hydroxyl groups is 1. The normalized spacial score (nSPS) is 13.8. The molecule has 3 aromatic rings. The molecule has 37 heavy (non-hydrogen) atoms. The SMILES string of the molecule is CCc1cccc(CNC[C@H](O)[C@H](Cc2cc(F)cc(F)c2)NC(=O)c2ccc3c(c2)OCCO3)c1.Cl. The Balaban J connectivity index is 0.00000380. The van der Waals surface area contributed by atoms with Crippen molar-refractivity contribution in [1.82, 2.24) is 10.6 Å². The maximum absolute atomic E-state index is 13.8. The van der Waals surface area contributed by atoms with Gasteiger partial charge in [-0.05, 0) is 59.9 Å². The number of fused-ring (bicyclic) bond motifs is 1. The molecule has 0 spiro atoms. The minimum Gasteiger partial charge on any atom is -0.486 e. The number of amides is 1. The quantitative estimate of drug-likeness (QED) is 0.364. The summed E-state index contributed by atoms with van der Waals surface area (Å²) in [6.07, 6.45) is -0.0554. The predicted octanol–water partition coefficient (Wildman–Crippen LogP) is 4.21. The molecule has 3 aromatic carbocycles. The van der Waals surface area contributed by atoms with E-state index in [0.29, 0.717) is 42.4 Å². The molecular weight excluding hydrogens is 502 g/mol. The topological polar surface area (TPSA) is 79.8 Å². The molecule has 9 heteroatoms. The zero-order chi connectivity index (χ0) is 25.5. The van der Waals surface area contributed by atoms with Crippen molar-refractivity contribution in [2.24, 2.45) is 0 Å². The average Bonchev–Trinajstić information content (AvgIpc) is 2.87. The van der Waals surface area contributed by atoms with Crippen LogP contribution in [0, 0.1) is 11.6 Å². The predicted molar refractivity (Wildman–Crippen MR) is 140 cm³/mol. The summed E-state index contributed by atoms with van der Waals surface area (Å²) in [5, 5.41) is 17.0. The molecule has 198 valence electrons. The summed E-state index contributed by atoms with van der Waals surface area (Å²) < 4.78 is 38.6. The van der Waals surface area contributed by atoms with Crippen LogP contribution in [0.15, 0.2) is 60.7 Å². The Morgan fingerprint density at radius 2 is 1.65 bits per heavy atom. The van der Waals surface area contributed by atoms with E-state index in [9.17, 15) is 18.7 Å². The Hall–Kier alpha value is -3.20. The number of carbonyl (C=O) groups excluding carboxylic acids is 1. The average molecular weight is 533 g/mol. The van der Waals surface area contributed by atoms with Crippen molar-refractivity contribution in [3.8, 4) is 11.5 Å². The maximum atomic E-state index is 13.8. The van der Waals surface area contributed by atoms with Gasteiger partial charge in [-0.2, -0.15) is 0 Å². The van der Waals surface area contributed by atoms with Crippen molar-refractivity contribution >= 4 is 18.3 Å². The molecule has 1 amide bonds. The highest BCUT2D eigenvalue weighted by atomic mass is 35.5. The first-order valence-corrected chi connectivity index (χ1v) is 12.0. The van der Waals surface area contributed by atoms with Crippen LogP contribution in [0.1, 0.15) is 34.0 Å². The summed E-state index contributed by atoms with van der Waals surface area (Å²) in [7, 11) is 0. The monoisotopic (exact) mass is 532 g/mol. The number of aryl methyl sites for hydroxylation is 1. The molecule has 1 heterocycles. The number of nitrogens with one attached hydrogen (secondary N) is 2. The van der Waals surface area contributed by atoms with E-state index < -0.39 is 29.7 Å². The highest BCUT2D eigenvalue weighted by Gasteiger charge is 2.24. The van der Waals surface area contributed by atoms with Gasteiger partial charge in [0.1, 0.15) is 24.8 Å². The van der Waals surface area contributed by atoms with Gasteiger partial charge in [-0.3, -0.25) is 4.79 Å². The Kier molecular flexibility index (Phi) is 10.3. The van der Waals surface area contributed by atoms with Crippen molar-refractivity contribution < 1.29 is 28.2 Å². The van der Waals surface area contributed by atoms with Gasteiger partial charge in [-0.15, -0.1) is 12.4 Å². The summed E-state index contributed by atoms with van der Waals surface area (Å²) in [6.45, 7) is 3.60. The van der Waals surface area contributed by atoms with E-state index in [1.165, 1.54) is 17.7 Å². The lowest BCUT2D eigenvalue weighted by atomic mass is 10.00. The molecule has 0 fully saturated rings. The molecule has 1 aliphatic heterocycles. The standard InChI is InChI=1S/C28H30F2N2O4.ClH/c1-2-18-4-3-5-19(10-18)16-31-17-25(33)24(13-20-11-22(29)15-23(30)12-20)32-28(34)21-6-7-26-27(14-21)36-9-8-35-26;/h3-7,10-12,14-15,24-25,31,33H,2,8-9,13,16-17H2,1H3,(H,32,34);1H/t24-,25-;/m0./s1. The van der Waals surface area contributed by atoms with Crippen LogP contribution >= 0.6 is 12.4 Å². The Morgan fingerprint density at radius 1 is 0.946 bits per heavy atom. The molecular formula is C28H31ClF2N2O4. The lowest BCUT2D eigenvalue weighted by Crippen LogP contribution is -2.48. The van der Waals surface area contributed by atoms with Gasteiger partial charge in [0, 0.05) is 24.7 Å². The molecule has 0 aromatic heterocycles. The first-order chi connectivity index (χ1) is 17.4. The van der Waals surface area contributed by atoms with E-state index in [2.05, 4.69) is 29.7 Å². The number of benzene rings is 3. The van der Waals surface area contributed by atoms with Gasteiger partial charge in [-0.25, -0.2) is 8.78 Å². The zero-order valence-corrected chi connectivity index (χ0v) is 21.3. The Morgan fingerprint density at radius 3 is 2.38 bits per heavy atom. The number of ether oxygens (including phenoxy) is 2. The van der Waals surface area contributed by atoms with Crippen LogP contribution < -0.4 is 20.1 Å². The fraction of sp³-hybridized carbons (Fsp3) is 0.321. The number of hydrogen-bond donors (Lipinski definition) is 3. The van der Waals surface area contributed by atoms with Gasteiger partial charge in [0.15, 0.2) is 11.5 Å². The van der Waals surface area contributed by atoms with E-state index >= 15 is 0 Å². The second kappa shape index (κ2) is 13.4. The third-order valence-corrected chi connectivity index (χ3v) is 6.05. The van der Waals surface area contributed by atoms with Crippen molar-refractivity contribution in [1.29, 1.82) is 0 Å². The zero-order valence-electron chi connectivity index (χ0n) is 20.5. The number of hydrogen-bond acceptors (Lipinski definition) is 5. The van der Waals surface area contributed by atoms with Gasteiger partial charge >= 0.3 is 0 Å². The number of halogens is 3. The molecule has 3 N–H and O–H groups in total. The van der Waals surface area contributed by atoms with Crippen LogP contribution in [0.2, 0.25) is 0 Å². The van der Waals surface area contributed by atoms with Crippen LogP contribution in [0.3, 0.4) is 0 Å². The molecule has 0 unspecified atom stereocenters. The molecule has 6 nitrogen and oxygen atoms in total. The second-order valence-electron chi connectivity index (χ2n) is 8.79. The lowest BCUT2D eigenvalue weighted by Gasteiger charge is -2.25. The van der Waals surface area contributed by atoms with Crippen molar-refractivity contribution in [2.75, 3.05) is 19.8 Å². The van der Waals surface area contributed by atoms with Gasteiger partial charge < -0.3 is 25.2 Å². The molecule has 4 rings (SSSR count). The Bertz CT molecular complexity index is 1190. The summed E-state index contributed by atoms with van der Waals surface area (Å²) in [6, 6.07) is 15.3. The first-order valence-electron chi connectivity index (χ1n) is 12.0. The molecule has 2 atom stereocenters. The first kappa shape index (κ1) is 28.4. The molecule has 0 aliphatic carbocycles. The van der Waals surface area contributed by atoms with E-state index in [4.69, 9.17) is 9.47 Å². The number of rotatable bonds is 10. The summed E-state index contributed by atoms with van der Waals surface area (Å²) in [5.74, 6) is -0.852. The highest BCUT2D eigenvalue weighted by Crippen LogP contribution is 2.30. The molecule has 1 aliphatic rings. The van der Waals surface area contributed by atoms with Crippen molar-refractivity contribution in [3.63, 3.8) is 0 Å². The summed E-state index contributed by atoms with van der Waals surface area (Å²) in [4.78, 5) is 13.0. The largest absolute Gasteiger partial charge is 0.486 e. The maximum Gasteiger partial charge on any atom is 0.251 e. The van der Waals surface area contributed by atoms with Crippen molar-refractivity contribution in [2.45, 2.75) is 38.5 Å². The van der Waals surface area contributed by atoms with Crippen LogP contribution in [0.5, 0.6) is 11.5 Å². The Labute approximate surface area is 221 Å². The van der Waals surface area contributed by atoms with Crippen LogP contribution in [0.4, 0.5) is 8.78 Å². The van der Waals surface area contributed by atoms with E-state index in [-0.39, 0.29) is 25.4 Å². The fourth-order valence-corrected chi connectivity index (χ4v) is 4.17. The third-order valence-electron chi connectivity index (χ3n) is 6.05. The smallest absolute Gasteiger partial charge is 0.251 e. The molecule has 0 saturated carbocycles. The van der Waals surface area contributed by atoms with E-state index in [1.807, 2.05) is 12.1 Å². The van der Waals surface area contributed by atoms with Crippen LogP contribution in [-0.4, -0.2) is 42.9 Å². The van der Waals surface area contributed by atoms with Gasteiger partial charge in [0.05, 0.1) is 12.1 Å². The van der Waals surface area contributed by atoms with Crippen LogP contribution in [0.25, 0.3) is 0 Å². The molecule has 0 radical (unpaired) electrons. The third kappa shape index (κ3) is 7.89. The number of carbonyl (C=O) groups is 1. The van der Waals surface area contributed by atoms with Crippen LogP contribution in [-0.2, 0) is 19.4 Å². The second-order valence-corrected chi connectivity index (χ2v) is 8.79. The molecule has 0 bridgehead atoms. The summed E-state index contributed by atoms with van der Waals surface area (Å²) in [5.41, 5.74) is 2.94. The van der Waals surface area contributed by atoms with Gasteiger partial charge in [0.25, 0.3) is 5.91 Å². The lowest BCUT2D eigenvalue weighted by molar-refractivity contribution is 0.0829. The van der Waals surface area contributed by atoms with E-state index in [1.54, 1.807) is 18.2 Å². The fourth-order valence-electron chi connectivity index (χ4n) is 4.17. The molecule has 0 saturated heterocycles.